The number of amides is 1. The lowest BCUT2D eigenvalue weighted by Gasteiger charge is -1.90. The fraction of sp³-hybridized carbons (Fsp3) is 0.600. The Morgan fingerprint density at radius 1 is 1.71 bits per heavy atom. The van der Waals surface area contributed by atoms with Gasteiger partial charge < -0.3 is 5.32 Å². The van der Waals surface area contributed by atoms with Crippen molar-refractivity contribution in [2.75, 3.05) is 0 Å². The van der Waals surface area contributed by atoms with Gasteiger partial charge in [-0.3, -0.25) is 4.79 Å². The van der Waals surface area contributed by atoms with Gasteiger partial charge in [-0.25, -0.2) is 0 Å². The molecule has 0 bridgehead atoms. The maximum Gasteiger partial charge on any atom is 0.217 e. The summed E-state index contributed by atoms with van der Waals surface area (Å²) in [5, 5.41) is 2.69. The van der Waals surface area contributed by atoms with E-state index in [4.69, 9.17) is 0 Å². The average Bonchev–Trinajstić information content (AvgIpc) is 2.17. The van der Waals surface area contributed by atoms with Crippen LogP contribution in [0.1, 0.15) is 19.8 Å². The molecule has 2 heteroatoms. The van der Waals surface area contributed by atoms with Gasteiger partial charge in [0.05, 0.1) is 6.04 Å². The zero-order valence-corrected chi connectivity index (χ0v) is 4.32. The van der Waals surface area contributed by atoms with Gasteiger partial charge in [0, 0.05) is 6.92 Å². The lowest BCUT2D eigenvalue weighted by atomic mass is 10.6. The highest BCUT2D eigenvalue weighted by molar-refractivity contribution is 5.74. The Kier molecular flexibility index (Phi) is 1.01. The Labute approximate surface area is 42.9 Å². The SMILES string of the molecule is CC(=O)N[C]1CC1. The van der Waals surface area contributed by atoms with Crippen molar-refractivity contribution < 1.29 is 4.79 Å². The van der Waals surface area contributed by atoms with Crippen molar-refractivity contribution in [3.05, 3.63) is 6.04 Å². The molecule has 0 heterocycles. The van der Waals surface area contributed by atoms with E-state index in [1.807, 2.05) is 0 Å². The van der Waals surface area contributed by atoms with Crippen molar-refractivity contribution in [2.24, 2.45) is 0 Å². The topological polar surface area (TPSA) is 29.1 Å². The standard InChI is InChI=1S/C5H8NO/c1-4(7)6-5-2-3-5/h2-3H2,1H3,(H,6,7). The van der Waals surface area contributed by atoms with E-state index in [-0.39, 0.29) is 5.91 Å². The van der Waals surface area contributed by atoms with Crippen LogP contribution in [0, 0.1) is 6.04 Å². The molecular weight excluding hydrogens is 90.1 g/mol. The fourth-order valence-corrected chi connectivity index (χ4v) is 0.436. The van der Waals surface area contributed by atoms with Gasteiger partial charge in [0.15, 0.2) is 0 Å². The van der Waals surface area contributed by atoms with Crippen LogP contribution in [0.15, 0.2) is 0 Å². The van der Waals surface area contributed by atoms with Gasteiger partial charge in [-0.2, -0.15) is 0 Å². The summed E-state index contributed by atoms with van der Waals surface area (Å²) in [5.74, 6) is 0.0625. The smallest absolute Gasteiger partial charge is 0.217 e. The molecule has 0 aliphatic heterocycles. The van der Waals surface area contributed by atoms with Crippen molar-refractivity contribution >= 4 is 5.91 Å². The maximum absolute atomic E-state index is 10.2. The number of nitrogens with one attached hydrogen (secondary N) is 1. The Bertz CT molecular complexity index is 86.1. The number of carbonyl (C=O) groups excluding carboxylic acids is 1. The Morgan fingerprint density at radius 2 is 2.29 bits per heavy atom. The summed E-state index contributed by atoms with van der Waals surface area (Å²) in [6.07, 6.45) is 2.19. The first-order chi connectivity index (χ1) is 3.29. The molecule has 0 atom stereocenters. The van der Waals surface area contributed by atoms with Crippen LogP contribution in [-0.4, -0.2) is 5.91 Å². The molecule has 0 saturated heterocycles. The molecule has 1 aliphatic rings. The lowest BCUT2D eigenvalue weighted by Crippen LogP contribution is -2.16. The Balaban J connectivity index is 2.08. The lowest BCUT2D eigenvalue weighted by molar-refractivity contribution is -0.118. The summed E-state index contributed by atoms with van der Waals surface area (Å²) in [5.41, 5.74) is 0. The minimum Gasteiger partial charge on any atom is -0.349 e. The largest absolute Gasteiger partial charge is 0.349 e. The van der Waals surface area contributed by atoms with Crippen LogP contribution < -0.4 is 5.32 Å². The van der Waals surface area contributed by atoms with Gasteiger partial charge in [-0.1, -0.05) is 0 Å². The van der Waals surface area contributed by atoms with E-state index in [1.165, 1.54) is 13.0 Å². The normalized spacial score (nSPS) is 19.0. The molecule has 1 rings (SSSR count). The number of carbonyl (C=O) groups is 1. The van der Waals surface area contributed by atoms with Crippen LogP contribution in [0.5, 0.6) is 0 Å². The van der Waals surface area contributed by atoms with Gasteiger partial charge in [0.25, 0.3) is 0 Å². The predicted octanol–water partition coefficient (Wildman–Crippen LogP) is 0.448. The molecule has 39 valence electrons. The van der Waals surface area contributed by atoms with E-state index in [0.717, 1.165) is 12.8 Å². The first-order valence-corrected chi connectivity index (χ1v) is 2.41. The Hall–Kier alpha value is -0.530. The second-order valence-corrected chi connectivity index (χ2v) is 1.78. The van der Waals surface area contributed by atoms with Crippen molar-refractivity contribution in [1.82, 2.24) is 5.32 Å². The molecule has 1 radical (unpaired) electrons. The van der Waals surface area contributed by atoms with Crippen molar-refractivity contribution in [3.63, 3.8) is 0 Å². The number of hydrogen-bond acceptors (Lipinski definition) is 1. The number of hydrogen-bond donors (Lipinski definition) is 1. The van der Waals surface area contributed by atoms with Crippen LogP contribution in [0.25, 0.3) is 0 Å². The first kappa shape index (κ1) is 4.62. The third kappa shape index (κ3) is 1.57. The van der Waals surface area contributed by atoms with Crippen LogP contribution in [0.3, 0.4) is 0 Å². The summed E-state index contributed by atoms with van der Waals surface area (Å²) >= 11 is 0. The average molecular weight is 98.1 g/mol. The summed E-state index contributed by atoms with van der Waals surface area (Å²) < 4.78 is 0. The highest BCUT2D eigenvalue weighted by Gasteiger charge is 2.22. The van der Waals surface area contributed by atoms with Crippen LogP contribution in [0.4, 0.5) is 0 Å². The molecule has 0 aromatic carbocycles. The third-order valence-corrected chi connectivity index (χ3v) is 0.853. The zero-order chi connectivity index (χ0) is 5.28. The van der Waals surface area contributed by atoms with Crippen LogP contribution in [-0.2, 0) is 4.79 Å². The molecule has 1 fully saturated rings. The van der Waals surface area contributed by atoms with E-state index in [2.05, 4.69) is 5.32 Å². The van der Waals surface area contributed by atoms with Crippen LogP contribution >= 0.6 is 0 Å². The monoisotopic (exact) mass is 98.1 g/mol. The first-order valence-electron chi connectivity index (χ1n) is 2.41. The van der Waals surface area contributed by atoms with Gasteiger partial charge in [0.1, 0.15) is 0 Å². The maximum atomic E-state index is 10.2. The van der Waals surface area contributed by atoms with Crippen molar-refractivity contribution in [2.45, 2.75) is 19.8 Å². The highest BCUT2D eigenvalue weighted by Crippen LogP contribution is 2.27. The van der Waals surface area contributed by atoms with Crippen molar-refractivity contribution in [1.29, 1.82) is 0 Å². The molecule has 2 nitrogen and oxygen atoms in total. The Morgan fingerprint density at radius 3 is 2.43 bits per heavy atom. The van der Waals surface area contributed by atoms with Crippen LogP contribution in [0.2, 0.25) is 0 Å². The highest BCUT2D eigenvalue weighted by atomic mass is 16.1. The van der Waals surface area contributed by atoms with Crippen molar-refractivity contribution in [3.8, 4) is 0 Å². The van der Waals surface area contributed by atoms with E-state index in [9.17, 15) is 4.79 Å². The summed E-state index contributed by atoms with van der Waals surface area (Å²) in [7, 11) is 0. The quantitative estimate of drug-likeness (QED) is 0.506. The van der Waals surface area contributed by atoms with Gasteiger partial charge in [0.2, 0.25) is 5.91 Å². The molecule has 0 aromatic heterocycles. The third-order valence-electron chi connectivity index (χ3n) is 0.853. The van der Waals surface area contributed by atoms with E-state index < -0.39 is 0 Å². The molecule has 7 heavy (non-hydrogen) atoms. The zero-order valence-electron chi connectivity index (χ0n) is 4.32. The minimum absolute atomic E-state index is 0.0625. The van der Waals surface area contributed by atoms with Gasteiger partial charge >= 0.3 is 0 Å². The van der Waals surface area contributed by atoms with Gasteiger partial charge in [-0.05, 0) is 12.8 Å². The molecular formula is C5H8NO. The number of rotatable bonds is 1. The minimum atomic E-state index is 0.0625. The second-order valence-electron chi connectivity index (χ2n) is 1.78. The summed E-state index contributed by atoms with van der Waals surface area (Å²) in [6, 6.07) is 1.19. The molecule has 1 amide bonds. The van der Waals surface area contributed by atoms with E-state index >= 15 is 0 Å². The predicted molar refractivity (Wildman–Crippen MR) is 26.3 cm³/mol. The molecule has 1 N–H and O–H groups in total. The molecule has 0 unspecified atom stereocenters. The van der Waals surface area contributed by atoms with E-state index in [1.54, 1.807) is 0 Å². The fourth-order valence-electron chi connectivity index (χ4n) is 0.436. The van der Waals surface area contributed by atoms with E-state index in [0.29, 0.717) is 0 Å². The summed E-state index contributed by atoms with van der Waals surface area (Å²) in [6.45, 7) is 1.53. The molecule has 0 spiro atoms. The van der Waals surface area contributed by atoms with Gasteiger partial charge in [-0.15, -0.1) is 0 Å². The molecule has 1 aliphatic carbocycles. The second kappa shape index (κ2) is 1.52. The summed E-state index contributed by atoms with van der Waals surface area (Å²) in [4.78, 5) is 10.2. The molecule has 1 saturated carbocycles. The molecule has 0 aromatic rings.